The summed E-state index contributed by atoms with van der Waals surface area (Å²) in [7, 11) is 0. The molecule has 0 unspecified atom stereocenters. The van der Waals surface area contributed by atoms with Crippen LogP contribution in [0.1, 0.15) is 21.5 Å². The van der Waals surface area contributed by atoms with E-state index in [1.807, 2.05) is 0 Å². The molecular weight excluding hydrogens is 382 g/mol. The molecule has 148 valence electrons. The van der Waals surface area contributed by atoms with Gasteiger partial charge in [0, 0.05) is 24.5 Å². The highest BCUT2D eigenvalue weighted by molar-refractivity contribution is 5.96. The van der Waals surface area contributed by atoms with E-state index in [1.165, 1.54) is 48.8 Å². The number of carbonyl (C=O) groups is 2. The summed E-state index contributed by atoms with van der Waals surface area (Å²) in [5, 5.41) is 11.3. The maximum absolute atomic E-state index is 14.1. The lowest BCUT2D eigenvalue weighted by atomic mass is 10.1. The zero-order valence-electron chi connectivity index (χ0n) is 15.1. The molecule has 2 N–H and O–H groups in total. The number of benzene rings is 2. The smallest absolute Gasteiger partial charge is 0.307 e. The van der Waals surface area contributed by atoms with Gasteiger partial charge >= 0.3 is 5.97 Å². The van der Waals surface area contributed by atoms with Crippen LogP contribution in [-0.4, -0.2) is 22.0 Å². The average Bonchev–Trinajstić information content (AvgIpc) is 2.69. The molecule has 3 aromatic rings. The standard InChI is InChI=1S/C21H16F2N2O4/c22-16-3-1-2-4-19(16)29-18-7-8-24-12-15(18)21(28)25-11-14-6-5-13(9-17(14)23)10-20(26)27/h1-9,12H,10-11H2,(H,25,28)(H,26,27). The highest BCUT2D eigenvalue weighted by Crippen LogP contribution is 2.26. The van der Waals surface area contributed by atoms with Crippen molar-refractivity contribution >= 4 is 11.9 Å². The zero-order valence-corrected chi connectivity index (χ0v) is 15.1. The minimum absolute atomic E-state index is 0.0483. The summed E-state index contributed by atoms with van der Waals surface area (Å²) in [5.74, 6) is -2.81. The molecule has 1 amide bonds. The monoisotopic (exact) mass is 398 g/mol. The van der Waals surface area contributed by atoms with Gasteiger partial charge in [-0.3, -0.25) is 14.6 Å². The molecule has 8 heteroatoms. The molecule has 0 radical (unpaired) electrons. The number of hydrogen-bond acceptors (Lipinski definition) is 4. The van der Waals surface area contributed by atoms with Gasteiger partial charge in [-0.2, -0.15) is 0 Å². The molecule has 0 aliphatic carbocycles. The minimum Gasteiger partial charge on any atom is -0.481 e. The van der Waals surface area contributed by atoms with Crippen molar-refractivity contribution in [3.05, 3.63) is 89.2 Å². The van der Waals surface area contributed by atoms with Gasteiger partial charge < -0.3 is 15.2 Å². The zero-order chi connectivity index (χ0) is 20.8. The van der Waals surface area contributed by atoms with Crippen LogP contribution in [0.25, 0.3) is 0 Å². The summed E-state index contributed by atoms with van der Waals surface area (Å²) in [6, 6.07) is 11.2. The molecule has 29 heavy (non-hydrogen) atoms. The molecule has 0 aliphatic heterocycles. The molecule has 0 saturated heterocycles. The minimum atomic E-state index is -1.07. The lowest BCUT2D eigenvalue weighted by Gasteiger charge is -2.12. The van der Waals surface area contributed by atoms with E-state index in [1.54, 1.807) is 6.07 Å². The first-order valence-electron chi connectivity index (χ1n) is 8.57. The molecule has 0 bridgehead atoms. The second kappa shape index (κ2) is 8.92. The van der Waals surface area contributed by atoms with Crippen LogP contribution in [0.15, 0.2) is 60.9 Å². The number of rotatable bonds is 7. The number of carboxylic acid groups (broad SMARTS) is 1. The predicted octanol–water partition coefficient (Wildman–Crippen LogP) is 3.71. The van der Waals surface area contributed by atoms with E-state index >= 15 is 0 Å². The van der Waals surface area contributed by atoms with Crippen molar-refractivity contribution < 1.29 is 28.2 Å². The summed E-state index contributed by atoms with van der Waals surface area (Å²) < 4.78 is 33.4. The van der Waals surface area contributed by atoms with Crippen molar-refractivity contribution in [2.45, 2.75) is 13.0 Å². The van der Waals surface area contributed by atoms with Crippen LogP contribution in [0.2, 0.25) is 0 Å². The number of nitrogens with zero attached hydrogens (tertiary/aromatic N) is 1. The average molecular weight is 398 g/mol. The van der Waals surface area contributed by atoms with E-state index in [2.05, 4.69) is 10.3 Å². The third kappa shape index (κ3) is 5.13. The van der Waals surface area contributed by atoms with Gasteiger partial charge in [-0.15, -0.1) is 0 Å². The van der Waals surface area contributed by atoms with Crippen LogP contribution < -0.4 is 10.1 Å². The first-order chi connectivity index (χ1) is 13.9. The SMILES string of the molecule is O=C(O)Cc1ccc(CNC(=O)c2cnccc2Oc2ccccc2F)c(F)c1. The largest absolute Gasteiger partial charge is 0.481 e. The molecule has 6 nitrogen and oxygen atoms in total. The second-order valence-electron chi connectivity index (χ2n) is 6.08. The molecule has 3 rings (SSSR count). The topological polar surface area (TPSA) is 88.5 Å². The Labute approximate surface area is 164 Å². The Morgan fingerprint density at radius 3 is 2.55 bits per heavy atom. The quantitative estimate of drug-likeness (QED) is 0.633. The van der Waals surface area contributed by atoms with E-state index in [0.717, 1.165) is 6.07 Å². The van der Waals surface area contributed by atoms with Crippen LogP contribution in [-0.2, 0) is 17.8 Å². The van der Waals surface area contributed by atoms with Gasteiger partial charge in [-0.05, 0) is 29.8 Å². The predicted molar refractivity (Wildman–Crippen MR) is 99.6 cm³/mol. The number of aromatic nitrogens is 1. The number of nitrogens with one attached hydrogen (secondary N) is 1. The fourth-order valence-corrected chi connectivity index (χ4v) is 2.58. The lowest BCUT2D eigenvalue weighted by molar-refractivity contribution is -0.136. The Morgan fingerprint density at radius 1 is 1.03 bits per heavy atom. The van der Waals surface area contributed by atoms with Crippen LogP contribution in [0.4, 0.5) is 8.78 Å². The maximum atomic E-state index is 14.1. The van der Waals surface area contributed by atoms with Crippen molar-refractivity contribution in [2.75, 3.05) is 0 Å². The molecule has 0 aliphatic rings. The first-order valence-corrected chi connectivity index (χ1v) is 8.57. The third-order valence-electron chi connectivity index (χ3n) is 3.99. The Hall–Kier alpha value is -3.81. The summed E-state index contributed by atoms with van der Waals surface area (Å²) in [6.07, 6.45) is 2.36. The van der Waals surface area contributed by atoms with Crippen molar-refractivity contribution in [3.8, 4) is 11.5 Å². The Morgan fingerprint density at radius 2 is 1.83 bits per heavy atom. The summed E-state index contributed by atoms with van der Waals surface area (Å²) in [6.45, 7) is -0.133. The number of ether oxygens (including phenoxy) is 1. The normalized spacial score (nSPS) is 10.4. The van der Waals surface area contributed by atoms with E-state index in [-0.39, 0.29) is 35.6 Å². The van der Waals surface area contributed by atoms with Crippen LogP contribution >= 0.6 is 0 Å². The molecule has 1 heterocycles. The van der Waals surface area contributed by atoms with Gasteiger partial charge in [0.1, 0.15) is 17.1 Å². The van der Waals surface area contributed by atoms with Crippen molar-refractivity contribution in [2.24, 2.45) is 0 Å². The number of carboxylic acids is 1. The number of aliphatic carboxylic acids is 1. The molecule has 2 aromatic carbocycles. The van der Waals surface area contributed by atoms with E-state index < -0.39 is 23.5 Å². The summed E-state index contributed by atoms with van der Waals surface area (Å²) in [5.41, 5.74) is 0.560. The van der Waals surface area contributed by atoms with Gasteiger partial charge in [0.25, 0.3) is 5.91 Å². The second-order valence-corrected chi connectivity index (χ2v) is 6.08. The van der Waals surface area contributed by atoms with E-state index in [0.29, 0.717) is 5.56 Å². The Kier molecular flexibility index (Phi) is 6.13. The van der Waals surface area contributed by atoms with Gasteiger partial charge in [0.05, 0.1) is 6.42 Å². The molecule has 0 saturated carbocycles. The van der Waals surface area contributed by atoms with Gasteiger partial charge in [0.15, 0.2) is 11.6 Å². The van der Waals surface area contributed by atoms with E-state index in [4.69, 9.17) is 9.84 Å². The lowest BCUT2D eigenvalue weighted by Crippen LogP contribution is -2.24. The number of hydrogen-bond donors (Lipinski definition) is 2. The number of para-hydroxylation sites is 1. The number of halogens is 2. The molecule has 0 fully saturated rings. The molecule has 1 aromatic heterocycles. The van der Waals surface area contributed by atoms with Crippen molar-refractivity contribution in [1.29, 1.82) is 0 Å². The van der Waals surface area contributed by atoms with Gasteiger partial charge in [0.2, 0.25) is 0 Å². The first kappa shape index (κ1) is 19.9. The summed E-state index contributed by atoms with van der Waals surface area (Å²) in [4.78, 5) is 27.1. The fraction of sp³-hybridized carbons (Fsp3) is 0.0952. The molecular formula is C21H16F2N2O4. The third-order valence-corrected chi connectivity index (χ3v) is 3.99. The maximum Gasteiger partial charge on any atom is 0.307 e. The van der Waals surface area contributed by atoms with Gasteiger partial charge in [-0.25, -0.2) is 8.78 Å². The highest BCUT2D eigenvalue weighted by Gasteiger charge is 2.15. The van der Waals surface area contributed by atoms with Crippen LogP contribution in [0.5, 0.6) is 11.5 Å². The number of carbonyl (C=O) groups excluding carboxylic acids is 1. The Balaban J connectivity index is 1.72. The highest BCUT2D eigenvalue weighted by atomic mass is 19.1. The fourth-order valence-electron chi connectivity index (χ4n) is 2.58. The molecule has 0 atom stereocenters. The molecule has 0 spiro atoms. The van der Waals surface area contributed by atoms with Gasteiger partial charge in [-0.1, -0.05) is 24.3 Å². The summed E-state index contributed by atoms with van der Waals surface area (Å²) >= 11 is 0. The van der Waals surface area contributed by atoms with Crippen molar-refractivity contribution in [1.82, 2.24) is 10.3 Å². The van der Waals surface area contributed by atoms with Crippen LogP contribution in [0.3, 0.4) is 0 Å². The Bertz CT molecular complexity index is 1060. The number of amides is 1. The van der Waals surface area contributed by atoms with Crippen LogP contribution in [0, 0.1) is 11.6 Å². The van der Waals surface area contributed by atoms with E-state index in [9.17, 15) is 18.4 Å². The number of pyridine rings is 1. The van der Waals surface area contributed by atoms with Crippen molar-refractivity contribution in [3.63, 3.8) is 0 Å².